The van der Waals surface area contributed by atoms with Crippen molar-refractivity contribution in [3.63, 3.8) is 0 Å². The quantitative estimate of drug-likeness (QED) is 0.628. The molecular formula is C13H13IN2O2. The Balaban J connectivity index is 2.46. The Hall–Kier alpha value is -1.37. The standard InChI is InChI=1S/C13H13IN2O2/c1-9(13(17)18-2)16-8-7-15-12(16)10-5-3-4-6-11(10)14/h3-9H,1-2H3. The van der Waals surface area contributed by atoms with E-state index in [1.54, 1.807) is 19.3 Å². The van der Waals surface area contributed by atoms with Gasteiger partial charge >= 0.3 is 5.97 Å². The van der Waals surface area contributed by atoms with Crippen LogP contribution in [0, 0.1) is 3.57 Å². The van der Waals surface area contributed by atoms with E-state index in [-0.39, 0.29) is 12.0 Å². The van der Waals surface area contributed by atoms with Crippen molar-refractivity contribution >= 4 is 28.6 Å². The molecule has 0 saturated heterocycles. The van der Waals surface area contributed by atoms with Crippen LogP contribution in [0.2, 0.25) is 0 Å². The van der Waals surface area contributed by atoms with Crippen LogP contribution in [0.15, 0.2) is 36.7 Å². The van der Waals surface area contributed by atoms with E-state index in [0.29, 0.717) is 0 Å². The van der Waals surface area contributed by atoms with Gasteiger partial charge in [-0.05, 0) is 35.6 Å². The van der Waals surface area contributed by atoms with Gasteiger partial charge in [0.15, 0.2) is 0 Å². The number of halogens is 1. The Morgan fingerprint density at radius 2 is 2.17 bits per heavy atom. The van der Waals surface area contributed by atoms with Crippen LogP contribution in [-0.2, 0) is 9.53 Å². The first-order valence-electron chi connectivity index (χ1n) is 5.50. The number of rotatable bonds is 3. The maximum absolute atomic E-state index is 11.6. The van der Waals surface area contributed by atoms with Crippen LogP contribution in [0.25, 0.3) is 11.4 Å². The van der Waals surface area contributed by atoms with E-state index >= 15 is 0 Å². The molecule has 94 valence electrons. The van der Waals surface area contributed by atoms with Crippen molar-refractivity contribution in [2.45, 2.75) is 13.0 Å². The first-order valence-corrected chi connectivity index (χ1v) is 6.58. The van der Waals surface area contributed by atoms with Crippen molar-refractivity contribution in [3.05, 3.63) is 40.2 Å². The molecule has 18 heavy (non-hydrogen) atoms. The highest BCUT2D eigenvalue weighted by atomic mass is 127. The summed E-state index contributed by atoms with van der Waals surface area (Å²) in [6.45, 7) is 1.80. The lowest BCUT2D eigenvalue weighted by Crippen LogP contribution is -2.18. The number of aromatic nitrogens is 2. The van der Waals surface area contributed by atoms with Gasteiger partial charge in [-0.25, -0.2) is 9.78 Å². The normalized spacial score (nSPS) is 12.2. The van der Waals surface area contributed by atoms with Gasteiger partial charge in [-0.2, -0.15) is 0 Å². The Morgan fingerprint density at radius 3 is 2.83 bits per heavy atom. The Kier molecular flexibility index (Phi) is 4.00. The van der Waals surface area contributed by atoms with E-state index in [4.69, 9.17) is 4.74 Å². The van der Waals surface area contributed by atoms with Gasteiger partial charge in [0.2, 0.25) is 0 Å². The molecule has 1 unspecified atom stereocenters. The number of ether oxygens (including phenoxy) is 1. The minimum Gasteiger partial charge on any atom is -0.467 e. The molecule has 0 aliphatic rings. The fourth-order valence-electron chi connectivity index (χ4n) is 1.76. The number of nitrogens with zero attached hydrogens (tertiary/aromatic N) is 2. The molecule has 0 bridgehead atoms. The molecule has 4 nitrogen and oxygen atoms in total. The third kappa shape index (κ3) is 2.40. The first kappa shape index (κ1) is 13.1. The molecular weight excluding hydrogens is 343 g/mol. The lowest BCUT2D eigenvalue weighted by Gasteiger charge is -2.14. The molecule has 5 heteroatoms. The average molecular weight is 356 g/mol. The minimum absolute atomic E-state index is 0.278. The summed E-state index contributed by atoms with van der Waals surface area (Å²) in [6, 6.07) is 7.55. The summed E-state index contributed by atoms with van der Waals surface area (Å²) in [4.78, 5) is 15.9. The molecule has 0 saturated carbocycles. The van der Waals surface area contributed by atoms with Crippen LogP contribution in [0.5, 0.6) is 0 Å². The lowest BCUT2D eigenvalue weighted by atomic mass is 10.2. The lowest BCUT2D eigenvalue weighted by molar-refractivity contribution is -0.143. The predicted molar refractivity (Wildman–Crippen MR) is 77.1 cm³/mol. The second kappa shape index (κ2) is 5.51. The SMILES string of the molecule is COC(=O)C(C)n1ccnc1-c1ccccc1I. The van der Waals surface area contributed by atoms with Gasteiger partial charge < -0.3 is 9.30 Å². The van der Waals surface area contributed by atoms with E-state index < -0.39 is 0 Å². The number of methoxy groups -OCH3 is 1. The van der Waals surface area contributed by atoms with Gasteiger partial charge in [0.05, 0.1) is 7.11 Å². The fraction of sp³-hybridized carbons (Fsp3) is 0.231. The summed E-state index contributed by atoms with van der Waals surface area (Å²) < 4.78 is 7.69. The zero-order valence-electron chi connectivity index (χ0n) is 10.1. The van der Waals surface area contributed by atoms with Gasteiger partial charge in [-0.3, -0.25) is 0 Å². The topological polar surface area (TPSA) is 44.1 Å². The highest BCUT2D eigenvalue weighted by Crippen LogP contribution is 2.26. The van der Waals surface area contributed by atoms with Crippen LogP contribution in [0.4, 0.5) is 0 Å². The molecule has 1 atom stereocenters. The van der Waals surface area contributed by atoms with Crippen LogP contribution >= 0.6 is 22.6 Å². The first-order chi connectivity index (χ1) is 8.65. The fourth-order valence-corrected chi connectivity index (χ4v) is 2.39. The third-order valence-electron chi connectivity index (χ3n) is 2.74. The van der Waals surface area contributed by atoms with Crippen molar-refractivity contribution < 1.29 is 9.53 Å². The largest absolute Gasteiger partial charge is 0.467 e. The maximum atomic E-state index is 11.6. The molecule has 0 N–H and O–H groups in total. The molecule has 1 aromatic heterocycles. The van der Waals surface area contributed by atoms with E-state index in [1.807, 2.05) is 28.8 Å². The number of carbonyl (C=O) groups is 1. The number of benzene rings is 1. The number of carbonyl (C=O) groups excluding carboxylic acids is 1. The van der Waals surface area contributed by atoms with Gasteiger partial charge in [0.25, 0.3) is 0 Å². The van der Waals surface area contributed by atoms with Gasteiger partial charge in [-0.1, -0.05) is 18.2 Å². The Morgan fingerprint density at radius 1 is 1.44 bits per heavy atom. The second-order valence-electron chi connectivity index (χ2n) is 3.84. The second-order valence-corrected chi connectivity index (χ2v) is 5.00. The molecule has 0 amide bonds. The van der Waals surface area contributed by atoms with Crippen molar-refractivity contribution in [1.29, 1.82) is 0 Å². The molecule has 0 aliphatic carbocycles. The summed E-state index contributed by atoms with van der Waals surface area (Å²) in [7, 11) is 1.39. The summed E-state index contributed by atoms with van der Waals surface area (Å²) in [5.41, 5.74) is 1.01. The zero-order chi connectivity index (χ0) is 13.1. The van der Waals surface area contributed by atoms with E-state index in [9.17, 15) is 4.79 Å². The maximum Gasteiger partial charge on any atom is 0.328 e. The van der Waals surface area contributed by atoms with Crippen molar-refractivity contribution in [2.75, 3.05) is 7.11 Å². The molecule has 2 aromatic rings. The van der Waals surface area contributed by atoms with Crippen molar-refractivity contribution in [3.8, 4) is 11.4 Å². The molecule has 1 heterocycles. The predicted octanol–water partition coefficient (Wildman–Crippen LogP) is 2.89. The third-order valence-corrected chi connectivity index (χ3v) is 3.68. The summed E-state index contributed by atoms with van der Waals surface area (Å²) >= 11 is 2.26. The van der Waals surface area contributed by atoms with Crippen molar-refractivity contribution in [1.82, 2.24) is 9.55 Å². The minimum atomic E-state index is -0.386. The summed E-state index contributed by atoms with van der Waals surface area (Å²) in [5.74, 6) is 0.498. The average Bonchev–Trinajstić information content (AvgIpc) is 2.86. The molecule has 2 rings (SSSR count). The van der Waals surface area contributed by atoms with Gasteiger partial charge in [0, 0.05) is 21.5 Å². The highest BCUT2D eigenvalue weighted by molar-refractivity contribution is 14.1. The van der Waals surface area contributed by atoms with Crippen molar-refractivity contribution in [2.24, 2.45) is 0 Å². The molecule has 0 aliphatic heterocycles. The number of esters is 1. The van der Waals surface area contributed by atoms with Crippen LogP contribution in [0.3, 0.4) is 0 Å². The van der Waals surface area contributed by atoms with E-state index in [2.05, 4.69) is 27.6 Å². The smallest absolute Gasteiger partial charge is 0.328 e. The van der Waals surface area contributed by atoms with E-state index in [0.717, 1.165) is 15.0 Å². The Bertz CT molecular complexity index is 566. The Labute approximate surface area is 119 Å². The molecule has 0 radical (unpaired) electrons. The van der Waals surface area contributed by atoms with Crippen LogP contribution in [-0.4, -0.2) is 22.6 Å². The molecule has 0 spiro atoms. The van der Waals surface area contributed by atoms with Crippen LogP contribution < -0.4 is 0 Å². The van der Waals surface area contributed by atoms with Gasteiger partial charge in [-0.15, -0.1) is 0 Å². The number of imidazole rings is 1. The highest BCUT2D eigenvalue weighted by Gasteiger charge is 2.19. The van der Waals surface area contributed by atoms with Gasteiger partial charge in [0.1, 0.15) is 11.9 Å². The monoisotopic (exact) mass is 356 g/mol. The molecule has 0 fully saturated rings. The summed E-state index contributed by atoms with van der Waals surface area (Å²) in [5, 5.41) is 0. The van der Waals surface area contributed by atoms with Crippen LogP contribution in [0.1, 0.15) is 13.0 Å². The zero-order valence-corrected chi connectivity index (χ0v) is 12.3. The summed E-state index contributed by atoms with van der Waals surface area (Å²) in [6.07, 6.45) is 3.48. The number of hydrogen-bond acceptors (Lipinski definition) is 3. The molecule has 1 aromatic carbocycles. The number of hydrogen-bond donors (Lipinski definition) is 0. The van der Waals surface area contributed by atoms with E-state index in [1.165, 1.54) is 7.11 Å².